The Morgan fingerprint density at radius 3 is 3.14 bits per heavy atom. The fourth-order valence-electron chi connectivity index (χ4n) is 1.39. The number of hydrogen-bond acceptors (Lipinski definition) is 3. The normalized spacial score (nSPS) is 21.0. The average molecular weight is 197 g/mol. The number of nitrogens with one attached hydrogen (secondary N) is 2. The summed E-state index contributed by atoms with van der Waals surface area (Å²) >= 11 is 0. The highest BCUT2D eigenvalue weighted by molar-refractivity contribution is 5.75. The molecule has 2 N–H and O–H groups in total. The van der Waals surface area contributed by atoms with Crippen molar-refractivity contribution in [3.63, 3.8) is 0 Å². The summed E-state index contributed by atoms with van der Waals surface area (Å²) in [5, 5.41) is 6.17. The maximum Gasteiger partial charge on any atom is 0.219 e. The van der Waals surface area contributed by atoms with Crippen LogP contribution in [-0.2, 0) is 4.79 Å². The molecule has 0 aromatic carbocycles. The van der Waals surface area contributed by atoms with E-state index in [9.17, 15) is 4.79 Å². The fraction of sp³-hybridized carbons (Fsp3) is 0.700. The Hall–Kier alpha value is -1.03. The molecule has 1 amide bonds. The quantitative estimate of drug-likeness (QED) is 0.680. The van der Waals surface area contributed by atoms with Gasteiger partial charge in [-0.25, -0.2) is 0 Å². The van der Waals surface area contributed by atoms with Gasteiger partial charge in [0.2, 0.25) is 5.91 Å². The van der Waals surface area contributed by atoms with E-state index in [0.717, 1.165) is 13.1 Å². The molecule has 0 radical (unpaired) electrons. The molecule has 4 heteroatoms. The number of nitrogens with zero attached hydrogens (tertiary/aromatic N) is 1. The molecule has 1 rings (SSSR count). The third-order valence-corrected chi connectivity index (χ3v) is 2.34. The molecule has 0 aromatic rings. The molecule has 4 nitrogen and oxygen atoms in total. The Bertz CT molecular complexity index is 215. The summed E-state index contributed by atoms with van der Waals surface area (Å²) < 4.78 is 0. The average Bonchev–Trinajstić information content (AvgIpc) is 2.20. The highest BCUT2D eigenvalue weighted by Crippen LogP contribution is 2.00. The fourth-order valence-corrected chi connectivity index (χ4v) is 1.39. The minimum Gasteiger partial charge on any atom is -0.361 e. The molecule has 1 aliphatic rings. The number of rotatable bonds is 4. The minimum atomic E-state index is 0.117. The van der Waals surface area contributed by atoms with Crippen molar-refractivity contribution in [3.05, 3.63) is 12.3 Å². The zero-order valence-electron chi connectivity index (χ0n) is 8.92. The third kappa shape index (κ3) is 3.38. The molecular weight excluding hydrogens is 178 g/mol. The van der Waals surface area contributed by atoms with E-state index in [-0.39, 0.29) is 5.91 Å². The first-order valence-electron chi connectivity index (χ1n) is 5.16. The maximum atomic E-state index is 11.0. The van der Waals surface area contributed by atoms with E-state index >= 15 is 0 Å². The molecule has 1 heterocycles. The Morgan fingerprint density at radius 2 is 2.50 bits per heavy atom. The molecule has 0 spiro atoms. The standard InChI is InChI=1S/C10H19N3O/c1-3-10(14)12-6-8-13-7-4-5-11-9(13)2/h4,7,9,11H,3,5-6,8H2,1-2H3,(H,12,14). The number of carbonyl (C=O) groups excluding carboxylic acids is 1. The molecule has 1 aliphatic heterocycles. The summed E-state index contributed by atoms with van der Waals surface area (Å²) in [6.45, 7) is 6.48. The molecule has 0 saturated heterocycles. The van der Waals surface area contributed by atoms with E-state index in [1.54, 1.807) is 0 Å². The lowest BCUT2D eigenvalue weighted by Crippen LogP contribution is -2.46. The van der Waals surface area contributed by atoms with Gasteiger partial charge < -0.3 is 10.2 Å². The summed E-state index contributed by atoms with van der Waals surface area (Å²) in [5.41, 5.74) is 0. The predicted octanol–water partition coefficient (Wildman–Crippen LogP) is 0.277. The van der Waals surface area contributed by atoms with Gasteiger partial charge in [-0.3, -0.25) is 10.1 Å². The highest BCUT2D eigenvalue weighted by atomic mass is 16.1. The predicted molar refractivity (Wildman–Crippen MR) is 56.6 cm³/mol. The van der Waals surface area contributed by atoms with Crippen LogP contribution >= 0.6 is 0 Å². The molecular formula is C10H19N3O. The summed E-state index contributed by atoms with van der Waals surface area (Å²) in [6.07, 6.45) is 5.09. The van der Waals surface area contributed by atoms with E-state index < -0.39 is 0 Å². The number of carbonyl (C=O) groups is 1. The Balaban J connectivity index is 2.20. The van der Waals surface area contributed by atoms with Gasteiger partial charge in [0.15, 0.2) is 0 Å². The van der Waals surface area contributed by atoms with Gasteiger partial charge in [0.25, 0.3) is 0 Å². The summed E-state index contributed by atoms with van der Waals surface area (Å²) in [4.78, 5) is 13.2. The lowest BCUT2D eigenvalue weighted by molar-refractivity contribution is -0.120. The van der Waals surface area contributed by atoms with Crippen LogP contribution in [0.1, 0.15) is 20.3 Å². The van der Waals surface area contributed by atoms with Crippen molar-refractivity contribution in [2.24, 2.45) is 0 Å². The summed E-state index contributed by atoms with van der Waals surface area (Å²) in [5.74, 6) is 0.117. The van der Waals surface area contributed by atoms with Gasteiger partial charge in [0, 0.05) is 26.1 Å². The molecule has 80 valence electrons. The molecule has 14 heavy (non-hydrogen) atoms. The summed E-state index contributed by atoms with van der Waals surface area (Å²) in [6, 6.07) is 0. The van der Waals surface area contributed by atoms with Gasteiger partial charge in [-0.05, 0) is 13.1 Å². The van der Waals surface area contributed by atoms with Crippen LogP contribution in [0.15, 0.2) is 12.3 Å². The second-order valence-corrected chi connectivity index (χ2v) is 3.41. The highest BCUT2D eigenvalue weighted by Gasteiger charge is 2.11. The van der Waals surface area contributed by atoms with Crippen LogP contribution in [0.25, 0.3) is 0 Å². The smallest absolute Gasteiger partial charge is 0.219 e. The maximum absolute atomic E-state index is 11.0. The van der Waals surface area contributed by atoms with Crippen molar-refractivity contribution >= 4 is 5.91 Å². The van der Waals surface area contributed by atoms with Crippen molar-refractivity contribution in [3.8, 4) is 0 Å². The monoisotopic (exact) mass is 197 g/mol. The van der Waals surface area contributed by atoms with Crippen molar-refractivity contribution < 1.29 is 4.79 Å². The molecule has 1 unspecified atom stereocenters. The second-order valence-electron chi connectivity index (χ2n) is 3.41. The van der Waals surface area contributed by atoms with Gasteiger partial charge in [-0.2, -0.15) is 0 Å². The van der Waals surface area contributed by atoms with E-state index in [1.165, 1.54) is 0 Å². The van der Waals surface area contributed by atoms with Crippen LogP contribution in [0.2, 0.25) is 0 Å². The first kappa shape index (κ1) is 11.0. The van der Waals surface area contributed by atoms with Crippen molar-refractivity contribution in [1.29, 1.82) is 0 Å². The SMILES string of the molecule is CCC(=O)NCCN1C=CCNC1C. The largest absolute Gasteiger partial charge is 0.361 e. The molecule has 1 atom stereocenters. The van der Waals surface area contributed by atoms with E-state index in [0.29, 0.717) is 19.1 Å². The number of amides is 1. The third-order valence-electron chi connectivity index (χ3n) is 2.34. The first-order valence-corrected chi connectivity index (χ1v) is 5.16. The van der Waals surface area contributed by atoms with Crippen LogP contribution in [0.5, 0.6) is 0 Å². The zero-order chi connectivity index (χ0) is 10.4. The van der Waals surface area contributed by atoms with Crippen molar-refractivity contribution in [2.45, 2.75) is 26.4 Å². The van der Waals surface area contributed by atoms with E-state index in [4.69, 9.17) is 0 Å². The molecule has 0 fully saturated rings. The van der Waals surface area contributed by atoms with Crippen molar-refractivity contribution in [1.82, 2.24) is 15.5 Å². The lowest BCUT2D eigenvalue weighted by Gasteiger charge is -2.31. The van der Waals surface area contributed by atoms with Gasteiger partial charge in [-0.1, -0.05) is 13.0 Å². The van der Waals surface area contributed by atoms with Gasteiger partial charge >= 0.3 is 0 Å². The van der Waals surface area contributed by atoms with Crippen LogP contribution in [0.3, 0.4) is 0 Å². The lowest BCUT2D eigenvalue weighted by atomic mass is 10.3. The van der Waals surface area contributed by atoms with E-state index in [2.05, 4.69) is 34.7 Å². The van der Waals surface area contributed by atoms with Gasteiger partial charge in [-0.15, -0.1) is 0 Å². The Kier molecular flexibility index (Phi) is 4.46. The van der Waals surface area contributed by atoms with Crippen LogP contribution in [0, 0.1) is 0 Å². The molecule has 0 aliphatic carbocycles. The molecule has 0 aromatic heterocycles. The van der Waals surface area contributed by atoms with Crippen LogP contribution < -0.4 is 10.6 Å². The van der Waals surface area contributed by atoms with Crippen molar-refractivity contribution in [2.75, 3.05) is 19.6 Å². The van der Waals surface area contributed by atoms with E-state index in [1.807, 2.05) is 6.92 Å². The second kappa shape index (κ2) is 5.65. The van der Waals surface area contributed by atoms with Gasteiger partial charge in [0.05, 0.1) is 6.17 Å². The Morgan fingerprint density at radius 1 is 1.71 bits per heavy atom. The van der Waals surface area contributed by atoms with Gasteiger partial charge in [0.1, 0.15) is 0 Å². The Labute approximate surface area is 85.3 Å². The van der Waals surface area contributed by atoms with Crippen LogP contribution in [0.4, 0.5) is 0 Å². The number of hydrogen-bond donors (Lipinski definition) is 2. The van der Waals surface area contributed by atoms with Crippen LogP contribution in [-0.4, -0.2) is 36.6 Å². The minimum absolute atomic E-state index is 0.117. The molecule has 0 saturated carbocycles. The topological polar surface area (TPSA) is 44.4 Å². The first-order chi connectivity index (χ1) is 6.74. The summed E-state index contributed by atoms with van der Waals surface area (Å²) in [7, 11) is 0. The molecule has 0 bridgehead atoms. The zero-order valence-corrected chi connectivity index (χ0v) is 8.92.